The predicted molar refractivity (Wildman–Crippen MR) is 137 cm³/mol. The molecule has 0 saturated carbocycles. The standard InChI is InChI=1S/C28H35F3N4O2/c1-18(36)27(37)35(13-12-21(32)15-29)25(28(2,3)4)26-33-24(22-14-20(30)10-11-23(22)31)17-34(26)16-19-8-6-5-7-9-19/h5-11,14,17-18,21,25,36H,12-13,15-16,32H2,1-4H3/t18?,21-,25-/m0/s1. The maximum absolute atomic E-state index is 14.7. The fourth-order valence-corrected chi connectivity index (χ4v) is 4.36. The first-order chi connectivity index (χ1) is 17.4. The van der Waals surface area contributed by atoms with Gasteiger partial charge < -0.3 is 20.3 Å². The molecule has 1 unspecified atom stereocenters. The molecule has 0 aliphatic carbocycles. The Morgan fingerprint density at radius 3 is 2.43 bits per heavy atom. The summed E-state index contributed by atoms with van der Waals surface area (Å²) >= 11 is 0. The quantitative estimate of drug-likeness (QED) is 0.403. The average molecular weight is 517 g/mol. The van der Waals surface area contributed by atoms with E-state index >= 15 is 0 Å². The highest BCUT2D eigenvalue weighted by Gasteiger charge is 2.39. The van der Waals surface area contributed by atoms with E-state index in [2.05, 4.69) is 0 Å². The highest BCUT2D eigenvalue weighted by Crippen LogP contribution is 2.40. The zero-order valence-corrected chi connectivity index (χ0v) is 21.7. The fourth-order valence-electron chi connectivity index (χ4n) is 4.36. The fraction of sp³-hybridized carbons (Fsp3) is 0.429. The summed E-state index contributed by atoms with van der Waals surface area (Å²) in [6.45, 7) is 6.81. The molecule has 0 spiro atoms. The number of hydrogen-bond donors (Lipinski definition) is 2. The Bertz CT molecular complexity index is 1190. The van der Waals surface area contributed by atoms with E-state index in [1.165, 1.54) is 11.8 Å². The minimum Gasteiger partial charge on any atom is -0.384 e. The van der Waals surface area contributed by atoms with Gasteiger partial charge >= 0.3 is 0 Å². The number of imidazole rings is 1. The van der Waals surface area contributed by atoms with Crippen molar-refractivity contribution in [1.29, 1.82) is 0 Å². The van der Waals surface area contributed by atoms with E-state index in [0.29, 0.717) is 12.4 Å². The summed E-state index contributed by atoms with van der Waals surface area (Å²) in [7, 11) is 0. The summed E-state index contributed by atoms with van der Waals surface area (Å²) in [5.41, 5.74) is 6.35. The molecule has 0 saturated heterocycles. The summed E-state index contributed by atoms with van der Waals surface area (Å²) in [6, 6.07) is 11.2. The van der Waals surface area contributed by atoms with Gasteiger partial charge in [-0.25, -0.2) is 18.2 Å². The number of halogens is 3. The first kappa shape index (κ1) is 28.4. The minimum atomic E-state index is -1.32. The highest BCUT2D eigenvalue weighted by molar-refractivity contribution is 5.80. The van der Waals surface area contributed by atoms with Gasteiger partial charge in [0.1, 0.15) is 30.2 Å². The van der Waals surface area contributed by atoms with Gasteiger partial charge in [0, 0.05) is 30.9 Å². The Labute approximate surface area is 215 Å². The third-order valence-corrected chi connectivity index (χ3v) is 6.16. The van der Waals surface area contributed by atoms with Crippen LogP contribution in [0.4, 0.5) is 13.2 Å². The topological polar surface area (TPSA) is 84.4 Å². The SMILES string of the molecule is CC(O)C(=O)N(CC[C@H](N)CF)[C@@H](c1nc(-c2cc(F)ccc2F)cn1Cc1ccccc1)C(C)(C)C. The molecule has 1 heterocycles. The maximum Gasteiger partial charge on any atom is 0.251 e. The summed E-state index contributed by atoms with van der Waals surface area (Å²) < 4.78 is 43.7. The van der Waals surface area contributed by atoms with Crippen LogP contribution in [0.25, 0.3) is 11.3 Å². The van der Waals surface area contributed by atoms with E-state index in [9.17, 15) is 23.1 Å². The summed E-state index contributed by atoms with van der Waals surface area (Å²) in [5.74, 6) is -1.36. The zero-order valence-electron chi connectivity index (χ0n) is 21.7. The number of carbonyl (C=O) groups is 1. The van der Waals surface area contributed by atoms with Gasteiger partial charge in [0.2, 0.25) is 0 Å². The first-order valence-corrected chi connectivity index (χ1v) is 12.3. The largest absolute Gasteiger partial charge is 0.384 e. The van der Waals surface area contributed by atoms with E-state index < -0.39 is 47.8 Å². The second-order valence-corrected chi connectivity index (χ2v) is 10.4. The zero-order chi connectivity index (χ0) is 27.3. The Hall–Kier alpha value is -3.17. The monoisotopic (exact) mass is 516 g/mol. The van der Waals surface area contributed by atoms with Gasteiger partial charge in [-0.2, -0.15) is 0 Å². The molecule has 3 atom stereocenters. The number of amides is 1. The smallest absolute Gasteiger partial charge is 0.251 e. The van der Waals surface area contributed by atoms with Crippen LogP contribution in [-0.2, 0) is 11.3 Å². The van der Waals surface area contributed by atoms with Crippen LogP contribution in [0.1, 0.15) is 51.5 Å². The molecule has 2 aromatic carbocycles. The minimum absolute atomic E-state index is 0.00595. The molecule has 3 rings (SSSR count). The molecule has 1 aromatic heterocycles. The summed E-state index contributed by atoms with van der Waals surface area (Å²) in [5, 5.41) is 10.2. The van der Waals surface area contributed by atoms with Gasteiger partial charge in [-0.05, 0) is 42.5 Å². The molecule has 3 aromatic rings. The van der Waals surface area contributed by atoms with Crippen molar-refractivity contribution in [3.8, 4) is 11.3 Å². The van der Waals surface area contributed by atoms with Crippen LogP contribution < -0.4 is 5.73 Å². The van der Waals surface area contributed by atoms with Crippen molar-refractivity contribution < 1.29 is 23.1 Å². The van der Waals surface area contributed by atoms with Crippen LogP contribution in [0.5, 0.6) is 0 Å². The van der Waals surface area contributed by atoms with Crippen molar-refractivity contribution in [3.63, 3.8) is 0 Å². The van der Waals surface area contributed by atoms with Gasteiger partial charge in [-0.1, -0.05) is 51.1 Å². The van der Waals surface area contributed by atoms with E-state index in [-0.39, 0.29) is 24.2 Å². The second-order valence-electron chi connectivity index (χ2n) is 10.4. The van der Waals surface area contributed by atoms with Crippen LogP contribution >= 0.6 is 0 Å². The average Bonchev–Trinajstić information content (AvgIpc) is 3.24. The molecule has 3 N–H and O–H groups in total. The Kier molecular flexibility index (Phi) is 9.15. The lowest BCUT2D eigenvalue weighted by Crippen LogP contribution is -2.47. The number of aliphatic hydroxyl groups excluding tert-OH is 1. The number of rotatable bonds is 10. The first-order valence-electron chi connectivity index (χ1n) is 12.3. The van der Waals surface area contributed by atoms with Crippen molar-refractivity contribution in [1.82, 2.24) is 14.5 Å². The number of nitrogens with two attached hydrogens (primary N) is 1. The Morgan fingerprint density at radius 2 is 1.84 bits per heavy atom. The molecular formula is C28H35F3N4O2. The normalized spacial score (nSPS) is 14.3. The Morgan fingerprint density at radius 1 is 1.16 bits per heavy atom. The molecule has 0 bridgehead atoms. The van der Waals surface area contributed by atoms with Crippen LogP contribution in [0.3, 0.4) is 0 Å². The molecular weight excluding hydrogens is 481 g/mol. The van der Waals surface area contributed by atoms with E-state index in [1.807, 2.05) is 55.7 Å². The number of carbonyl (C=O) groups excluding carboxylic acids is 1. The third-order valence-electron chi connectivity index (χ3n) is 6.16. The Balaban J connectivity index is 2.21. The lowest BCUT2D eigenvalue weighted by Gasteiger charge is -2.41. The lowest BCUT2D eigenvalue weighted by molar-refractivity contribution is -0.145. The molecule has 0 radical (unpaired) electrons. The molecule has 9 heteroatoms. The second kappa shape index (κ2) is 11.9. The van der Waals surface area contributed by atoms with Gasteiger partial charge in [-0.15, -0.1) is 0 Å². The van der Waals surface area contributed by atoms with Crippen molar-refractivity contribution in [2.75, 3.05) is 13.2 Å². The van der Waals surface area contributed by atoms with Crippen LogP contribution in [0, 0.1) is 17.0 Å². The van der Waals surface area contributed by atoms with Crippen molar-refractivity contribution in [2.24, 2.45) is 11.1 Å². The van der Waals surface area contributed by atoms with E-state index in [0.717, 1.165) is 23.8 Å². The third kappa shape index (κ3) is 6.99. The van der Waals surface area contributed by atoms with Gasteiger partial charge in [0.25, 0.3) is 5.91 Å². The predicted octanol–water partition coefficient (Wildman–Crippen LogP) is 4.86. The van der Waals surface area contributed by atoms with Gasteiger partial charge in [-0.3, -0.25) is 4.79 Å². The van der Waals surface area contributed by atoms with E-state index in [4.69, 9.17) is 10.7 Å². The van der Waals surface area contributed by atoms with Gasteiger partial charge in [0.05, 0.1) is 11.7 Å². The number of nitrogens with zero attached hydrogens (tertiary/aromatic N) is 3. The summed E-state index contributed by atoms with van der Waals surface area (Å²) in [4.78, 5) is 19.4. The number of aliphatic hydroxyl groups is 1. The molecule has 0 aliphatic rings. The maximum atomic E-state index is 14.7. The van der Waals surface area contributed by atoms with Crippen molar-refractivity contribution >= 4 is 5.91 Å². The van der Waals surface area contributed by atoms with Crippen LogP contribution in [0.15, 0.2) is 54.7 Å². The molecule has 1 amide bonds. The molecule has 0 aliphatic heterocycles. The lowest BCUT2D eigenvalue weighted by atomic mass is 9.84. The number of aromatic nitrogens is 2. The number of alkyl halides is 1. The number of benzene rings is 2. The van der Waals surface area contributed by atoms with Gasteiger partial charge in [0.15, 0.2) is 0 Å². The molecule has 200 valence electrons. The molecule has 0 fully saturated rings. The van der Waals surface area contributed by atoms with Crippen LogP contribution in [0.2, 0.25) is 0 Å². The van der Waals surface area contributed by atoms with Crippen molar-refractivity contribution in [3.05, 3.63) is 77.8 Å². The highest BCUT2D eigenvalue weighted by atomic mass is 19.1. The molecule has 6 nitrogen and oxygen atoms in total. The van der Waals surface area contributed by atoms with Crippen LogP contribution in [-0.4, -0.2) is 50.8 Å². The number of hydrogen-bond acceptors (Lipinski definition) is 4. The molecule has 37 heavy (non-hydrogen) atoms. The van der Waals surface area contributed by atoms with Crippen molar-refractivity contribution in [2.45, 2.75) is 58.8 Å². The summed E-state index contributed by atoms with van der Waals surface area (Å²) in [6.07, 6.45) is 0.493. The van der Waals surface area contributed by atoms with E-state index in [1.54, 1.807) is 6.20 Å².